The number of rotatable bonds is 6. The summed E-state index contributed by atoms with van der Waals surface area (Å²) in [5.41, 5.74) is 1.27. The van der Waals surface area contributed by atoms with E-state index in [9.17, 15) is 0 Å². The van der Waals surface area contributed by atoms with E-state index in [0.29, 0.717) is 0 Å². The van der Waals surface area contributed by atoms with Crippen molar-refractivity contribution in [2.75, 3.05) is 6.61 Å². The Hall–Kier alpha value is -1.61. The van der Waals surface area contributed by atoms with Crippen molar-refractivity contribution in [2.45, 2.75) is 38.3 Å². The van der Waals surface area contributed by atoms with Crippen LogP contribution in [-0.2, 0) is 6.54 Å². The summed E-state index contributed by atoms with van der Waals surface area (Å²) >= 11 is 0. The largest absolute Gasteiger partial charge is 0.477 e. The van der Waals surface area contributed by atoms with Gasteiger partial charge in [0.05, 0.1) is 6.61 Å². The maximum atomic E-state index is 5.90. The van der Waals surface area contributed by atoms with Gasteiger partial charge in [-0.3, -0.25) is 0 Å². The molecule has 0 atom stereocenters. The lowest BCUT2D eigenvalue weighted by Crippen LogP contribution is -2.15. The minimum atomic E-state index is 0.722. The van der Waals surface area contributed by atoms with Gasteiger partial charge in [0.25, 0.3) is 0 Å². The summed E-state index contributed by atoms with van der Waals surface area (Å²) < 4.78 is 5.90. The van der Waals surface area contributed by atoms with Gasteiger partial charge in [-0.05, 0) is 48.6 Å². The van der Waals surface area contributed by atoms with Crippen LogP contribution in [0.4, 0.5) is 0 Å². The van der Waals surface area contributed by atoms with Crippen LogP contribution in [0.3, 0.4) is 0 Å². The zero-order chi connectivity index (χ0) is 13.4. The zero-order valence-corrected chi connectivity index (χ0v) is 11.6. The monoisotopic (exact) mass is 268 g/mol. The first kappa shape index (κ1) is 12.2. The summed E-state index contributed by atoms with van der Waals surface area (Å²) in [5.74, 6) is 1.55. The van der Waals surface area contributed by atoms with Crippen LogP contribution in [-0.4, -0.2) is 17.6 Å². The molecule has 0 radical (unpaired) electrons. The number of nitrogens with one attached hydrogen (secondary N) is 1. The van der Waals surface area contributed by atoms with Crippen molar-refractivity contribution in [1.29, 1.82) is 0 Å². The highest BCUT2D eigenvalue weighted by Crippen LogP contribution is 2.32. The fraction of sp³-hybridized carbons (Fsp3) is 0.471. The summed E-state index contributed by atoms with van der Waals surface area (Å²) in [5, 5.41) is 5.97. The van der Waals surface area contributed by atoms with Crippen LogP contribution < -0.4 is 10.1 Å². The lowest BCUT2D eigenvalue weighted by molar-refractivity contribution is 0.292. The van der Waals surface area contributed by atoms with Crippen LogP contribution in [0.1, 0.15) is 31.2 Å². The van der Waals surface area contributed by atoms with Crippen molar-refractivity contribution in [3.63, 3.8) is 0 Å². The van der Waals surface area contributed by atoms with Gasteiger partial charge in [0.1, 0.15) is 0 Å². The van der Waals surface area contributed by atoms with Gasteiger partial charge in [-0.2, -0.15) is 0 Å². The van der Waals surface area contributed by atoms with Crippen LogP contribution in [0.15, 0.2) is 30.5 Å². The third-order valence-electron chi connectivity index (χ3n) is 4.15. The van der Waals surface area contributed by atoms with Crippen molar-refractivity contribution in [3.05, 3.63) is 36.0 Å². The van der Waals surface area contributed by atoms with Crippen molar-refractivity contribution >= 4 is 10.8 Å². The van der Waals surface area contributed by atoms with E-state index in [1.54, 1.807) is 0 Å². The SMILES string of the molecule is c1ccc2c(OCC3CC3)ncc(CNC3CC3)c2c1. The molecule has 3 nitrogen and oxygen atoms in total. The van der Waals surface area contributed by atoms with Gasteiger partial charge in [0.2, 0.25) is 5.88 Å². The predicted octanol–water partition coefficient (Wildman–Crippen LogP) is 3.28. The van der Waals surface area contributed by atoms with E-state index in [4.69, 9.17) is 4.74 Å². The summed E-state index contributed by atoms with van der Waals surface area (Å²) in [7, 11) is 0. The molecule has 1 aromatic carbocycles. The minimum Gasteiger partial charge on any atom is -0.477 e. The first-order chi connectivity index (χ1) is 9.90. The van der Waals surface area contributed by atoms with E-state index in [1.807, 2.05) is 6.20 Å². The average Bonchev–Trinajstić information content (AvgIpc) is 3.38. The molecule has 0 amide bonds. The second-order valence-corrected chi connectivity index (χ2v) is 6.04. The smallest absolute Gasteiger partial charge is 0.221 e. The molecule has 0 saturated heterocycles. The molecular weight excluding hydrogens is 248 g/mol. The molecule has 104 valence electrons. The Morgan fingerprint density at radius 2 is 1.90 bits per heavy atom. The molecule has 2 fully saturated rings. The normalized spacial score (nSPS) is 18.4. The van der Waals surface area contributed by atoms with Gasteiger partial charge >= 0.3 is 0 Å². The van der Waals surface area contributed by atoms with E-state index in [-0.39, 0.29) is 0 Å². The van der Waals surface area contributed by atoms with Crippen LogP contribution in [0, 0.1) is 5.92 Å². The Labute approximate surface area is 119 Å². The molecule has 2 saturated carbocycles. The fourth-order valence-electron chi connectivity index (χ4n) is 2.50. The maximum Gasteiger partial charge on any atom is 0.221 e. The summed E-state index contributed by atoms with van der Waals surface area (Å²) in [6, 6.07) is 9.16. The first-order valence-corrected chi connectivity index (χ1v) is 7.63. The Balaban J connectivity index is 1.61. The Bertz CT molecular complexity index is 563. The van der Waals surface area contributed by atoms with Crippen molar-refractivity contribution in [3.8, 4) is 5.88 Å². The topological polar surface area (TPSA) is 34.1 Å². The third-order valence-corrected chi connectivity index (χ3v) is 4.15. The fourth-order valence-corrected chi connectivity index (χ4v) is 2.50. The van der Waals surface area contributed by atoms with Gasteiger partial charge in [-0.1, -0.05) is 18.2 Å². The quantitative estimate of drug-likeness (QED) is 0.873. The van der Waals surface area contributed by atoms with Crippen molar-refractivity contribution in [2.24, 2.45) is 5.92 Å². The maximum absolute atomic E-state index is 5.90. The number of benzene rings is 1. The summed E-state index contributed by atoms with van der Waals surface area (Å²) in [6.07, 6.45) is 7.21. The first-order valence-electron chi connectivity index (χ1n) is 7.63. The third kappa shape index (κ3) is 2.63. The number of hydrogen-bond donors (Lipinski definition) is 1. The van der Waals surface area contributed by atoms with Crippen LogP contribution in [0.25, 0.3) is 10.8 Å². The van der Waals surface area contributed by atoms with Gasteiger partial charge in [0, 0.05) is 24.2 Å². The number of fused-ring (bicyclic) bond motifs is 1. The van der Waals surface area contributed by atoms with E-state index in [2.05, 4.69) is 34.6 Å². The minimum absolute atomic E-state index is 0.722. The molecular formula is C17H20N2O. The van der Waals surface area contributed by atoms with E-state index in [1.165, 1.54) is 36.6 Å². The van der Waals surface area contributed by atoms with E-state index >= 15 is 0 Å². The molecule has 3 heteroatoms. The molecule has 1 heterocycles. The molecule has 2 aliphatic carbocycles. The number of pyridine rings is 1. The Morgan fingerprint density at radius 3 is 2.65 bits per heavy atom. The molecule has 1 aromatic heterocycles. The van der Waals surface area contributed by atoms with Crippen LogP contribution >= 0.6 is 0 Å². The van der Waals surface area contributed by atoms with Crippen LogP contribution in [0.5, 0.6) is 5.88 Å². The lowest BCUT2D eigenvalue weighted by Gasteiger charge is -2.11. The lowest BCUT2D eigenvalue weighted by atomic mass is 10.1. The van der Waals surface area contributed by atoms with E-state index < -0.39 is 0 Å². The average molecular weight is 268 g/mol. The molecule has 20 heavy (non-hydrogen) atoms. The number of hydrogen-bond acceptors (Lipinski definition) is 3. The standard InChI is InChI=1S/C17H20N2O/c1-2-4-16-15(3-1)13(9-18-14-7-8-14)10-19-17(16)20-11-12-5-6-12/h1-4,10,12,14,18H,5-9,11H2. The highest BCUT2D eigenvalue weighted by atomic mass is 16.5. The number of nitrogens with zero attached hydrogens (tertiary/aromatic N) is 1. The van der Waals surface area contributed by atoms with Gasteiger partial charge in [0.15, 0.2) is 0 Å². The van der Waals surface area contributed by atoms with Gasteiger partial charge in [-0.15, -0.1) is 0 Å². The highest BCUT2D eigenvalue weighted by Gasteiger charge is 2.23. The number of aromatic nitrogens is 1. The molecule has 4 rings (SSSR count). The van der Waals surface area contributed by atoms with Gasteiger partial charge < -0.3 is 10.1 Å². The molecule has 2 aromatic rings. The molecule has 0 bridgehead atoms. The van der Waals surface area contributed by atoms with Crippen LogP contribution in [0.2, 0.25) is 0 Å². The van der Waals surface area contributed by atoms with Crippen molar-refractivity contribution in [1.82, 2.24) is 10.3 Å². The molecule has 1 N–H and O–H groups in total. The predicted molar refractivity (Wildman–Crippen MR) is 79.8 cm³/mol. The number of ether oxygens (including phenoxy) is 1. The summed E-state index contributed by atoms with van der Waals surface area (Å²) in [4.78, 5) is 4.54. The Morgan fingerprint density at radius 1 is 1.10 bits per heavy atom. The molecule has 2 aliphatic rings. The zero-order valence-electron chi connectivity index (χ0n) is 11.6. The second-order valence-electron chi connectivity index (χ2n) is 6.04. The molecule has 0 unspecified atom stereocenters. The Kier molecular flexibility index (Phi) is 3.07. The molecule has 0 spiro atoms. The summed E-state index contributed by atoms with van der Waals surface area (Å²) in [6.45, 7) is 1.72. The second kappa shape index (κ2) is 5.06. The van der Waals surface area contributed by atoms with Crippen molar-refractivity contribution < 1.29 is 4.74 Å². The van der Waals surface area contributed by atoms with Gasteiger partial charge in [-0.25, -0.2) is 4.98 Å². The molecule has 0 aliphatic heterocycles. The highest BCUT2D eigenvalue weighted by molar-refractivity contribution is 5.89. The van der Waals surface area contributed by atoms with E-state index in [0.717, 1.165) is 36.4 Å².